The first-order valence-electron chi connectivity index (χ1n) is 39.5. The number of hydrogen-bond donors (Lipinski definition) is 0. The highest BCUT2D eigenvalue weighted by Gasteiger charge is 2.54. The molecule has 0 radical (unpaired) electrons. The molecule has 0 saturated heterocycles. The molecule has 0 N–H and O–H groups in total. The molecule has 5 aliphatic rings. The van der Waals surface area contributed by atoms with Crippen molar-refractivity contribution in [2.45, 2.75) is 30.1 Å². The summed E-state index contributed by atoms with van der Waals surface area (Å²) in [5.74, 6) is 3.59. The van der Waals surface area contributed by atoms with E-state index in [-0.39, 0.29) is 5.41 Å². The van der Waals surface area contributed by atoms with Gasteiger partial charge in [0.2, 0.25) is 0 Å². The topological polar surface area (TPSA) is 77.3 Å². The third kappa shape index (κ3) is 8.87. The van der Waals surface area contributed by atoms with Crippen molar-refractivity contribution in [1.82, 2.24) is 29.9 Å². The molecule has 0 saturated carbocycles. The van der Waals surface area contributed by atoms with E-state index in [9.17, 15) is 0 Å². The minimum Gasteiger partial charge on any atom is -0.208 e. The van der Waals surface area contributed by atoms with E-state index in [2.05, 4.69) is 366 Å². The molecule has 0 atom stereocenters. The van der Waals surface area contributed by atoms with E-state index in [4.69, 9.17) is 29.9 Å². The Morgan fingerprint density at radius 1 is 0.191 bits per heavy atom. The molecule has 6 nitrogen and oxygen atoms in total. The Bertz CT molecular complexity index is 7560. The number of hydrogen-bond acceptors (Lipinski definition) is 8. The maximum Gasteiger partial charge on any atom is 0.165 e. The molecule has 534 valence electrons. The third-order valence-electron chi connectivity index (χ3n) is 25.7. The van der Waals surface area contributed by atoms with Crippen LogP contribution >= 0.6 is 22.7 Å². The lowest BCUT2D eigenvalue weighted by Gasteiger charge is -2.30. The molecule has 5 aliphatic carbocycles. The maximum absolute atomic E-state index is 5.86. The zero-order chi connectivity index (χ0) is 75.6. The number of aromatic nitrogens is 6. The first-order chi connectivity index (χ1) is 56.8. The highest BCUT2D eigenvalue weighted by molar-refractivity contribution is 7.26. The molecule has 0 unspecified atom stereocenters. The van der Waals surface area contributed by atoms with Crippen LogP contribution in [0.3, 0.4) is 0 Å². The van der Waals surface area contributed by atoms with E-state index in [0.29, 0.717) is 34.9 Å². The standard InChI is InChI=1S/C107H64N6S2/c1-105(2)84-43-16-13-39-79(84)96-80(41-26-50-91(96)105)102-109-100(62-54-56-74-72-35-12-22-49-90(72)107(93(74)60-62)87-46-19-9-32-69(87)70-33-10-20-47-88(70)107)111-104(113-102)83-58-63(57-82-76-37-15-24-52-95(76)115-98(82)83)64-27-3-4-28-65(64)66-29-5-6-38-78(66)101-108-99(110-103(112-101)81-42-25-40-77-75-36-14-23-51-94(75)114-97(77)81)61-53-55-73-71-34-11-21-48-89(71)106(92(73)59-61)85-44-17-7-30-67(85)68-31-8-18-45-86(68)106/h3-60H,1-2H3. The van der Waals surface area contributed by atoms with Crippen LogP contribution in [-0.2, 0) is 16.2 Å². The Morgan fingerprint density at radius 2 is 0.513 bits per heavy atom. The van der Waals surface area contributed by atoms with E-state index < -0.39 is 10.8 Å². The van der Waals surface area contributed by atoms with Gasteiger partial charge in [0.25, 0.3) is 0 Å². The summed E-state index contributed by atoms with van der Waals surface area (Å²) in [5.41, 5.74) is 33.2. The lowest BCUT2D eigenvalue weighted by molar-refractivity contribution is 0.660. The number of nitrogens with zero attached hydrogens (tertiary/aromatic N) is 6. The van der Waals surface area contributed by atoms with Crippen LogP contribution in [0, 0.1) is 0 Å². The van der Waals surface area contributed by atoms with Crippen molar-refractivity contribution in [1.29, 1.82) is 0 Å². The average molecular weight is 1500 g/mol. The zero-order valence-corrected chi connectivity index (χ0v) is 64.1. The molecule has 25 rings (SSSR count). The highest BCUT2D eigenvalue weighted by atomic mass is 32.1. The molecule has 115 heavy (non-hydrogen) atoms. The van der Waals surface area contributed by atoms with Gasteiger partial charge in [0.1, 0.15) is 0 Å². The lowest BCUT2D eigenvalue weighted by atomic mass is 9.70. The molecule has 2 spiro atoms. The van der Waals surface area contributed by atoms with E-state index in [1.54, 1.807) is 22.7 Å². The number of rotatable bonds is 8. The molecular formula is C107H64N6S2. The van der Waals surface area contributed by atoms with Crippen LogP contribution in [0.25, 0.3) is 187 Å². The van der Waals surface area contributed by atoms with Crippen molar-refractivity contribution in [3.05, 3.63) is 407 Å². The summed E-state index contributed by atoms with van der Waals surface area (Å²) < 4.78 is 4.62. The van der Waals surface area contributed by atoms with Crippen molar-refractivity contribution in [2.24, 2.45) is 0 Å². The smallest absolute Gasteiger partial charge is 0.165 e. The second kappa shape index (κ2) is 24.0. The van der Waals surface area contributed by atoms with Gasteiger partial charge in [-0.25, -0.2) is 29.9 Å². The van der Waals surface area contributed by atoms with Crippen molar-refractivity contribution >= 4 is 63.0 Å². The summed E-state index contributed by atoms with van der Waals surface area (Å²) in [6, 6.07) is 130. The minimum atomic E-state index is -0.578. The fourth-order valence-corrected chi connectivity index (χ4v) is 23.3. The highest BCUT2D eigenvalue weighted by Crippen LogP contribution is 2.66. The first-order valence-corrected chi connectivity index (χ1v) is 41.1. The molecule has 0 bridgehead atoms. The Kier molecular flexibility index (Phi) is 13.5. The van der Waals surface area contributed by atoms with Gasteiger partial charge in [-0.2, -0.15) is 0 Å². The van der Waals surface area contributed by atoms with Gasteiger partial charge in [-0.1, -0.05) is 323 Å². The first kappa shape index (κ1) is 64.6. The normalized spacial score (nSPS) is 14.0. The molecule has 16 aromatic carbocycles. The Balaban J connectivity index is 0.699. The van der Waals surface area contributed by atoms with Crippen LogP contribution in [0.5, 0.6) is 0 Å². The third-order valence-corrected chi connectivity index (χ3v) is 28.1. The van der Waals surface area contributed by atoms with E-state index in [1.807, 2.05) is 0 Å². The summed E-state index contributed by atoms with van der Waals surface area (Å²) >= 11 is 3.58. The Morgan fingerprint density at radius 3 is 1.02 bits per heavy atom. The summed E-state index contributed by atoms with van der Waals surface area (Å²) in [5, 5.41) is 4.68. The predicted molar refractivity (Wildman–Crippen MR) is 473 cm³/mol. The number of benzene rings is 16. The minimum absolute atomic E-state index is 0.264. The van der Waals surface area contributed by atoms with Gasteiger partial charge in [-0.15, -0.1) is 22.7 Å². The van der Waals surface area contributed by atoms with Gasteiger partial charge >= 0.3 is 0 Å². The summed E-state index contributed by atoms with van der Waals surface area (Å²) in [4.78, 5) is 34.6. The number of thiophene rings is 2. The van der Waals surface area contributed by atoms with Gasteiger partial charge in [0, 0.05) is 79.1 Å². The van der Waals surface area contributed by atoms with Crippen LogP contribution in [0.2, 0.25) is 0 Å². The van der Waals surface area contributed by atoms with Crippen LogP contribution in [-0.4, -0.2) is 29.9 Å². The summed E-state index contributed by atoms with van der Waals surface area (Å²) in [7, 11) is 0. The molecule has 0 aliphatic heterocycles. The van der Waals surface area contributed by atoms with Crippen LogP contribution in [0.4, 0.5) is 0 Å². The van der Waals surface area contributed by atoms with Gasteiger partial charge in [0.15, 0.2) is 34.9 Å². The second-order valence-corrected chi connectivity index (χ2v) is 33.8. The van der Waals surface area contributed by atoms with Crippen molar-refractivity contribution in [3.8, 4) is 146 Å². The predicted octanol–water partition coefficient (Wildman–Crippen LogP) is 27.1. The SMILES string of the molecule is CC1(C)c2ccccc2-c2c(-c3nc(-c4ccc5c(c4)C4(c6ccccc6-c6ccccc64)c4ccccc4-5)nc(-c4cc(-c5ccccc5-c5ccccc5-c5nc(-c6ccc7c(c6)C6(c8ccccc8-c8ccccc86)c6ccccc6-7)nc(-c6cccc7c6sc6ccccc67)n5)cc5c4sc4ccccc45)n3)cccc21. The van der Waals surface area contributed by atoms with Crippen LogP contribution in [0.15, 0.2) is 352 Å². The second-order valence-electron chi connectivity index (χ2n) is 31.7. The summed E-state index contributed by atoms with van der Waals surface area (Å²) in [6.45, 7) is 4.68. The number of fused-ring (bicyclic) bond motifs is 29. The van der Waals surface area contributed by atoms with E-state index in [0.717, 1.165) is 76.0 Å². The molecule has 20 aromatic rings. The lowest BCUT2D eigenvalue weighted by Crippen LogP contribution is -2.25. The zero-order valence-electron chi connectivity index (χ0n) is 62.5. The monoisotopic (exact) mass is 1500 g/mol. The summed E-state index contributed by atoms with van der Waals surface area (Å²) in [6.07, 6.45) is 0. The molecule has 0 amide bonds. The fraction of sp³-hybridized carbons (Fsp3) is 0.0467. The van der Waals surface area contributed by atoms with Gasteiger partial charge < -0.3 is 0 Å². The average Bonchev–Trinajstić information content (AvgIpc) is 1.51. The molecular weight excluding hydrogens is 1430 g/mol. The molecule has 8 heteroatoms. The van der Waals surface area contributed by atoms with Gasteiger partial charge in [-0.3, -0.25) is 0 Å². The van der Waals surface area contributed by atoms with E-state index >= 15 is 0 Å². The molecule has 4 heterocycles. The van der Waals surface area contributed by atoms with Crippen molar-refractivity contribution < 1.29 is 0 Å². The quantitative estimate of drug-likeness (QED) is 0.151. The maximum atomic E-state index is 5.86. The van der Waals surface area contributed by atoms with Crippen molar-refractivity contribution in [2.75, 3.05) is 0 Å². The molecule has 0 fully saturated rings. The Hall–Kier alpha value is -14.0. The molecule has 4 aromatic heterocycles. The van der Waals surface area contributed by atoms with E-state index in [1.165, 1.54) is 131 Å². The van der Waals surface area contributed by atoms with Gasteiger partial charge in [0.05, 0.1) is 10.8 Å². The van der Waals surface area contributed by atoms with Gasteiger partial charge in [-0.05, 0) is 176 Å². The van der Waals surface area contributed by atoms with Crippen LogP contribution < -0.4 is 0 Å². The fourth-order valence-electron chi connectivity index (χ4n) is 20.9. The van der Waals surface area contributed by atoms with Crippen molar-refractivity contribution in [3.63, 3.8) is 0 Å². The largest absolute Gasteiger partial charge is 0.208 e. The Labute approximate surface area is 671 Å². The van der Waals surface area contributed by atoms with Crippen LogP contribution in [0.1, 0.15) is 69.5 Å².